The third kappa shape index (κ3) is 4.49. The zero-order valence-electron chi connectivity index (χ0n) is 15.1. The molecule has 4 rings (SSSR count). The standard InChI is InChI=1S/C21H22ClN3OS/c22-17-8-2-1-6-15(17)12-23-20(26)14-25-11-5-7-16(13-25)21-24-18-9-3-4-10-19(18)27-21/h1-4,6,8-10,16H,5,7,11-14H2,(H,23,26)/p+1/t16-/m1/s1. The summed E-state index contributed by atoms with van der Waals surface area (Å²) < 4.78 is 1.25. The van der Waals surface area contributed by atoms with Crippen molar-refractivity contribution in [3.63, 3.8) is 0 Å². The molecule has 27 heavy (non-hydrogen) atoms. The fourth-order valence-electron chi connectivity index (χ4n) is 3.71. The van der Waals surface area contributed by atoms with Crippen LogP contribution in [0.3, 0.4) is 0 Å². The number of para-hydroxylation sites is 1. The first-order valence-corrected chi connectivity index (χ1v) is 10.6. The molecule has 2 aromatic carbocycles. The zero-order valence-corrected chi connectivity index (χ0v) is 16.7. The first kappa shape index (κ1) is 18.4. The van der Waals surface area contributed by atoms with E-state index < -0.39 is 0 Å². The summed E-state index contributed by atoms with van der Waals surface area (Å²) in [6.45, 7) is 3.00. The Morgan fingerprint density at radius 3 is 2.89 bits per heavy atom. The summed E-state index contributed by atoms with van der Waals surface area (Å²) in [6.07, 6.45) is 2.29. The molecule has 1 aromatic heterocycles. The van der Waals surface area contributed by atoms with Gasteiger partial charge in [0.25, 0.3) is 5.91 Å². The number of hydrogen-bond acceptors (Lipinski definition) is 3. The minimum absolute atomic E-state index is 0.0786. The molecule has 140 valence electrons. The van der Waals surface area contributed by atoms with Gasteiger partial charge in [0.2, 0.25) is 0 Å². The number of hydrogen-bond donors (Lipinski definition) is 2. The summed E-state index contributed by atoms with van der Waals surface area (Å²) in [4.78, 5) is 18.6. The molecule has 1 aliphatic rings. The number of likely N-dealkylation sites (tertiary alicyclic amines) is 1. The second-order valence-electron chi connectivity index (χ2n) is 7.11. The molecule has 1 aliphatic heterocycles. The van der Waals surface area contributed by atoms with Crippen molar-refractivity contribution < 1.29 is 9.69 Å². The second-order valence-corrected chi connectivity index (χ2v) is 8.58. The summed E-state index contributed by atoms with van der Waals surface area (Å²) in [7, 11) is 0. The highest BCUT2D eigenvalue weighted by Gasteiger charge is 2.28. The van der Waals surface area contributed by atoms with E-state index in [0.717, 1.165) is 37.0 Å². The van der Waals surface area contributed by atoms with Crippen LogP contribution in [0.4, 0.5) is 0 Å². The normalized spacial score (nSPS) is 19.9. The Hall–Kier alpha value is -1.95. The van der Waals surface area contributed by atoms with Crippen LogP contribution in [-0.2, 0) is 11.3 Å². The van der Waals surface area contributed by atoms with E-state index in [1.54, 1.807) is 11.3 Å². The van der Waals surface area contributed by atoms with Crippen LogP contribution < -0.4 is 10.2 Å². The lowest BCUT2D eigenvalue weighted by molar-refractivity contribution is -0.898. The number of quaternary nitrogens is 1. The van der Waals surface area contributed by atoms with Crippen molar-refractivity contribution in [2.45, 2.75) is 25.3 Å². The molecule has 6 heteroatoms. The summed E-state index contributed by atoms with van der Waals surface area (Å²) in [5.41, 5.74) is 2.04. The van der Waals surface area contributed by atoms with Gasteiger partial charge in [-0.05, 0) is 36.6 Å². The smallest absolute Gasteiger partial charge is 0.275 e. The number of benzene rings is 2. The number of fused-ring (bicyclic) bond motifs is 1. The third-order valence-electron chi connectivity index (χ3n) is 5.12. The van der Waals surface area contributed by atoms with E-state index in [-0.39, 0.29) is 5.91 Å². The van der Waals surface area contributed by atoms with Gasteiger partial charge in [0.15, 0.2) is 6.54 Å². The average molecular weight is 401 g/mol. The molecular formula is C21H23ClN3OS+. The van der Waals surface area contributed by atoms with Crippen LogP contribution in [0.15, 0.2) is 48.5 Å². The molecule has 2 atom stereocenters. The number of amides is 1. The number of nitrogens with zero attached hydrogens (tertiary/aromatic N) is 1. The minimum atomic E-state index is 0.0786. The van der Waals surface area contributed by atoms with Gasteiger partial charge in [-0.1, -0.05) is 41.9 Å². The van der Waals surface area contributed by atoms with Gasteiger partial charge in [-0.2, -0.15) is 0 Å². The van der Waals surface area contributed by atoms with Gasteiger partial charge in [-0.3, -0.25) is 4.79 Å². The van der Waals surface area contributed by atoms with Crippen LogP contribution in [0.5, 0.6) is 0 Å². The van der Waals surface area contributed by atoms with Gasteiger partial charge in [0, 0.05) is 11.6 Å². The van der Waals surface area contributed by atoms with Crippen LogP contribution in [-0.4, -0.2) is 30.5 Å². The Bertz CT molecular complexity index is 909. The topological polar surface area (TPSA) is 46.4 Å². The zero-order chi connectivity index (χ0) is 18.6. The quantitative estimate of drug-likeness (QED) is 0.691. The maximum absolute atomic E-state index is 12.4. The Balaban J connectivity index is 1.34. The van der Waals surface area contributed by atoms with Gasteiger partial charge in [0.05, 0.1) is 29.2 Å². The van der Waals surface area contributed by atoms with Crippen molar-refractivity contribution in [3.05, 3.63) is 64.1 Å². The third-order valence-corrected chi connectivity index (χ3v) is 6.69. The molecule has 1 unspecified atom stereocenters. The highest BCUT2D eigenvalue weighted by molar-refractivity contribution is 7.18. The summed E-state index contributed by atoms with van der Waals surface area (Å²) in [5.74, 6) is 0.525. The molecule has 4 nitrogen and oxygen atoms in total. The molecule has 0 bridgehead atoms. The molecular weight excluding hydrogens is 378 g/mol. The number of carbonyl (C=O) groups excluding carboxylic acids is 1. The first-order chi connectivity index (χ1) is 13.2. The Kier molecular flexibility index (Phi) is 5.72. The van der Waals surface area contributed by atoms with Crippen LogP contribution in [0.1, 0.15) is 29.3 Å². The Labute approximate surface area is 168 Å². The van der Waals surface area contributed by atoms with E-state index >= 15 is 0 Å². The van der Waals surface area contributed by atoms with Crippen molar-refractivity contribution in [2.75, 3.05) is 19.6 Å². The summed E-state index contributed by atoms with van der Waals surface area (Å²) in [5, 5.41) is 4.91. The van der Waals surface area contributed by atoms with Crippen LogP contribution in [0.25, 0.3) is 10.2 Å². The van der Waals surface area contributed by atoms with E-state index in [9.17, 15) is 4.79 Å². The SMILES string of the molecule is O=C(C[NH+]1CCC[C@@H](c2nc3ccccc3s2)C1)NCc1ccccc1Cl. The fraction of sp³-hybridized carbons (Fsp3) is 0.333. The summed E-state index contributed by atoms with van der Waals surface area (Å²) >= 11 is 7.95. The predicted molar refractivity (Wildman–Crippen MR) is 110 cm³/mol. The lowest BCUT2D eigenvalue weighted by atomic mass is 9.99. The molecule has 0 spiro atoms. The Morgan fingerprint density at radius 2 is 2.04 bits per heavy atom. The number of carbonyl (C=O) groups is 1. The molecule has 3 aromatic rings. The van der Waals surface area contributed by atoms with Crippen molar-refractivity contribution >= 4 is 39.1 Å². The highest BCUT2D eigenvalue weighted by atomic mass is 35.5. The van der Waals surface area contributed by atoms with Gasteiger partial charge in [-0.15, -0.1) is 11.3 Å². The number of thiazole rings is 1. The first-order valence-electron chi connectivity index (χ1n) is 9.38. The number of aromatic nitrogens is 1. The van der Waals surface area contributed by atoms with E-state index in [1.165, 1.54) is 14.6 Å². The van der Waals surface area contributed by atoms with Crippen LogP contribution in [0.2, 0.25) is 5.02 Å². The lowest BCUT2D eigenvalue weighted by Gasteiger charge is -2.28. The number of rotatable bonds is 5. The van der Waals surface area contributed by atoms with Crippen molar-refractivity contribution in [3.8, 4) is 0 Å². The fourth-order valence-corrected chi connectivity index (χ4v) is 5.02. The second kappa shape index (κ2) is 8.38. The van der Waals surface area contributed by atoms with E-state index in [2.05, 4.69) is 23.5 Å². The average Bonchev–Trinajstić information content (AvgIpc) is 3.12. The molecule has 2 N–H and O–H groups in total. The van der Waals surface area contributed by atoms with E-state index in [4.69, 9.17) is 16.6 Å². The van der Waals surface area contributed by atoms with Crippen molar-refractivity contribution in [1.29, 1.82) is 0 Å². The van der Waals surface area contributed by atoms with Crippen LogP contribution >= 0.6 is 22.9 Å². The van der Waals surface area contributed by atoms with Gasteiger partial charge < -0.3 is 10.2 Å². The molecule has 0 radical (unpaired) electrons. The number of halogens is 1. The Morgan fingerprint density at radius 1 is 1.22 bits per heavy atom. The van der Waals surface area contributed by atoms with E-state index in [0.29, 0.717) is 24.0 Å². The number of nitrogens with one attached hydrogen (secondary N) is 2. The van der Waals surface area contributed by atoms with Crippen molar-refractivity contribution in [1.82, 2.24) is 10.3 Å². The monoisotopic (exact) mass is 400 g/mol. The maximum atomic E-state index is 12.4. The minimum Gasteiger partial charge on any atom is -0.347 e. The number of piperidine rings is 1. The molecule has 1 fully saturated rings. The lowest BCUT2D eigenvalue weighted by Crippen LogP contribution is -3.14. The van der Waals surface area contributed by atoms with Crippen LogP contribution in [0, 0.1) is 0 Å². The predicted octanol–water partition coefficient (Wildman–Crippen LogP) is 3.03. The molecule has 0 aliphatic carbocycles. The van der Waals surface area contributed by atoms with Gasteiger partial charge in [0.1, 0.15) is 5.01 Å². The maximum Gasteiger partial charge on any atom is 0.275 e. The molecule has 1 saturated heterocycles. The largest absolute Gasteiger partial charge is 0.347 e. The molecule has 0 saturated carbocycles. The van der Waals surface area contributed by atoms with Gasteiger partial charge in [-0.25, -0.2) is 4.98 Å². The summed E-state index contributed by atoms with van der Waals surface area (Å²) in [6, 6.07) is 15.9. The highest BCUT2D eigenvalue weighted by Crippen LogP contribution is 2.30. The molecule has 2 heterocycles. The van der Waals surface area contributed by atoms with Gasteiger partial charge >= 0.3 is 0 Å². The van der Waals surface area contributed by atoms with Crippen molar-refractivity contribution in [2.24, 2.45) is 0 Å². The molecule has 1 amide bonds. The van der Waals surface area contributed by atoms with E-state index in [1.807, 2.05) is 30.3 Å².